The van der Waals surface area contributed by atoms with Crippen LogP contribution >= 0.6 is 24.0 Å². The standard InChI is InChI=1S/C15H25N5O2.HI/c1-12-18-13(22-19-12)4-3-7-17-14(16-2)20-8-5-15(10-20)6-9-21-11-15;/h3-11H2,1-2H3,(H,16,17);1H. The van der Waals surface area contributed by atoms with Crippen molar-refractivity contribution in [2.75, 3.05) is 39.9 Å². The lowest BCUT2D eigenvalue weighted by atomic mass is 9.87. The molecule has 1 N–H and O–H groups in total. The number of hydrogen-bond donors (Lipinski definition) is 1. The third kappa shape index (κ3) is 4.56. The maximum absolute atomic E-state index is 5.58. The van der Waals surface area contributed by atoms with Crippen LogP contribution in [0.2, 0.25) is 0 Å². The van der Waals surface area contributed by atoms with Crippen LogP contribution < -0.4 is 5.32 Å². The Balaban J connectivity index is 0.00000192. The van der Waals surface area contributed by atoms with Crippen LogP contribution in [0.25, 0.3) is 0 Å². The van der Waals surface area contributed by atoms with Crippen molar-refractivity contribution in [2.45, 2.75) is 32.6 Å². The summed E-state index contributed by atoms with van der Waals surface area (Å²) in [7, 11) is 1.85. The molecule has 2 fully saturated rings. The van der Waals surface area contributed by atoms with Gasteiger partial charge in [0.2, 0.25) is 5.89 Å². The Hall–Kier alpha value is -0.900. The molecule has 2 aliphatic heterocycles. The lowest BCUT2D eigenvalue weighted by Crippen LogP contribution is -2.41. The van der Waals surface area contributed by atoms with Gasteiger partial charge in [0.15, 0.2) is 11.8 Å². The molecule has 3 rings (SSSR count). The van der Waals surface area contributed by atoms with Crippen molar-refractivity contribution < 1.29 is 9.26 Å². The van der Waals surface area contributed by atoms with Crippen LogP contribution in [0.1, 0.15) is 31.0 Å². The van der Waals surface area contributed by atoms with E-state index in [1.165, 1.54) is 12.8 Å². The molecule has 1 spiro atoms. The van der Waals surface area contributed by atoms with Gasteiger partial charge in [-0.15, -0.1) is 24.0 Å². The maximum atomic E-state index is 5.58. The third-order valence-corrected chi connectivity index (χ3v) is 4.55. The van der Waals surface area contributed by atoms with E-state index in [-0.39, 0.29) is 24.0 Å². The number of nitrogens with one attached hydrogen (secondary N) is 1. The summed E-state index contributed by atoms with van der Waals surface area (Å²) in [5, 5.41) is 7.24. The van der Waals surface area contributed by atoms with Crippen molar-refractivity contribution in [1.29, 1.82) is 0 Å². The van der Waals surface area contributed by atoms with Crippen molar-refractivity contribution in [1.82, 2.24) is 20.4 Å². The highest BCUT2D eigenvalue weighted by Crippen LogP contribution is 2.38. The molecule has 0 bridgehead atoms. The fourth-order valence-corrected chi connectivity index (χ4v) is 3.30. The predicted octanol–water partition coefficient (Wildman–Crippen LogP) is 1.62. The van der Waals surface area contributed by atoms with E-state index in [9.17, 15) is 0 Å². The number of aromatic nitrogens is 2. The molecule has 7 nitrogen and oxygen atoms in total. The highest BCUT2D eigenvalue weighted by atomic mass is 127. The van der Waals surface area contributed by atoms with Crippen LogP contribution in [0.15, 0.2) is 9.52 Å². The lowest BCUT2D eigenvalue weighted by Gasteiger charge is -2.24. The largest absolute Gasteiger partial charge is 0.381 e. The van der Waals surface area contributed by atoms with Crippen molar-refractivity contribution in [2.24, 2.45) is 10.4 Å². The van der Waals surface area contributed by atoms with Crippen LogP contribution in [0.5, 0.6) is 0 Å². The normalized spacial score (nSPS) is 24.3. The Morgan fingerprint density at radius 3 is 2.96 bits per heavy atom. The summed E-state index contributed by atoms with van der Waals surface area (Å²) in [6.45, 7) is 6.61. The highest BCUT2D eigenvalue weighted by Gasteiger charge is 2.42. The van der Waals surface area contributed by atoms with Crippen LogP contribution in [-0.2, 0) is 11.2 Å². The number of hydrogen-bond acceptors (Lipinski definition) is 5. The van der Waals surface area contributed by atoms with E-state index >= 15 is 0 Å². The van der Waals surface area contributed by atoms with Gasteiger partial charge in [-0.2, -0.15) is 4.98 Å². The summed E-state index contributed by atoms with van der Waals surface area (Å²) in [6.07, 6.45) is 4.12. The van der Waals surface area contributed by atoms with Gasteiger partial charge in [-0.25, -0.2) is 0 Å². The van der Waals surface area contributed by atoms with E-state index in [1.54, 1.807) is 0 Å². The molecule has 1 unspecified atom stereocenters. The van der Waals surface area contributed by atoms with Crippen molar-refractivity contribution in [3.63, 3.8) is 0 Å². The monoisotopic (exact) mass is 435 g/mol. The second-order valence-electron chi connectivity index (χ2n) is 6.29. The second kappa shape index (κ2) is 8.27. The smallest absolute Gasteiger partial charge is 0.226 e. The molecule has 0 aromatic carbocycles. The van der Waals surface area contributed by atoms with Crippen LogP contribution in [0, 0.1) is 12.3 Å². The maximum Gasteiger partial charge on any atom is 0.226 e. The number of guanidine groups is 1. The minimum atomic E-state index is 0. The molecule has 0 saturated carbocycles. The van der Waals surface area contributed by atoms with Gasteiger partial charge in [-0.1, -0.05) is 5.16 Å². The van der Waals surface area contributed by atoms with Gasteiger partial charge in [-0.3, -0.25) is 4.99 Å². The van der Waals surface area contributed by atoms with Crippen molar-refractivity contribution in [3.8, 4) is 0 Å². The van der Waals surface area contributed by atoms with Crippen LogP contribution in [-0.4, -0.2) is 60.9 Å². The molecule has 2 aliphatic rings. The fraction of sp³-hybridized carbons (Fsp3) is 0.800. The Morgan fingerprint density at radius 2 is 2.30 bits per heavy atom. The van der Waals surface area contributed by atoms with E-state index < -0.39 is 0 Å². The summed E-state index contributed by atoms with van der Waals surface area (Å²) >= 11 is 0. The Labute approximate surface area is 154 Å². The molecule has 23 heavy (non-hydrogen) atoms. The molecule has 3 heterocycles. The van der Waals surface area contributed by atoms with E-state index in [4.69, 9.17) is 9.26 Å². The van der Waals surface area contributed by atoms with Gasteiger partial charge in [0.25, 0.3) is 0 Å². The third-order valence-electron chi connectivity index (χ3n) is 4.55. The predicted molar refractivity (Wildman–Crippen MR) is 98.2 cm³/mol. The summed E-state index contributed by atoms with van der Waals surface area (Å²) in [5.74, 6) is 2.39. The highest BCUT2D eigenvalue weighted by molar-refractivity contribution is 14.0. The zero-order valence-electron chi connectivity index (χ0n) is 13.9. The van der Waals surface area contributed by atoms with Gasteiger partial charge >= 0.3 is 0 Å². The zero-order chi connectivity index (χ0) is 15.4. The molecule has 130 valence electrons. The number of rotatable bonds is 4. The zero-order valence-corrected chi connectivity index (χ0v) is 16.2. The van der Waals surface area contributed by atoms with Crippen LogP contribution in [0.3, 0.4) is 0 Å². The van der Waals surface area contributed by atoms with E-state index in [1.807, 2.05) is 14.0 Å². The first-order valence-corrected chi connectivity index (χ1v) is 8.03. The molecular formula is C15H26IN5O2. The Bertz CT molecular complexity index is 528. The molecule has 0 radical (unpaired) electrons. The van der Waals surface area contributed by atoms with E-state index in [0.717, 1.165) is 51.6 Å². The summed E-state index contributed by atoms with van der Waals surface area (Å²) < 4.78 is 10.7. The molecule has 1 aromatic rings. The number of likely N-dealkylation sites (tertiary alicyclic amines) is 1. The van der Waals surface area contributed by atoms with Gasteiger partial charge in [-0.05, 0) is 26.2 Å². The molecule has 2 saturated heterocycles. The Morgan fingerprint density at radius 1 is 1.43 bits per heavy atom. The van der Waals surface area contributed by atoms with E-state index in [0.29, 0.717) is 17.1 Å². The first kappa shape index (κ1) is 18.4. The van der Waals surface area contributed by atoms with Gasteiger partial charge < -0.3 is 19.5 Å². The fourth-order valence-electron chi connectivity index (χ4n) is 3.30. The molecule has 1 atom stereocenters. The lowest BCUT2D eigenvalue weighted by molar-refractivity contribution is 0.156. The molecular weight excluding hydrogens is 409 g/mol. The number of nitrogens with zero attached hydrogens (tertiary/aromatic N) is 4. The molecule has 0 aliphatic carbocycles. The average Bonchev–Trinajstić information content (AvgIpc) is 3.23. The first-order valence-electron chi connectivity index (χ1n) is 8.03. The average molecular weight is 435 g/mol. The minimum absolute atomic E-state index is 0. The number of aryl methyl sites for hydroxylation is 2. The molecule has 0 amide bonds. The first-order chi connectivity index (χ1) is 10.7. The van der Waals surface area contributed by atoms with E-state index in [2.05, 4.69) is 25.3 Å². The van der Waals surface area contributed by atoms with Crippen molar-refractivity contribution >= 4 is 29.9 Å². The Kier molecular flexibility index (Phi) is 6.63. The topological polar surface area (TPSA) is 75.8 Å². The molecule has 1 aromatic heterocycles. The molecule has 8 heteroatoms. The summed E-state index contributed by atoms with van der Waals surface area (Å²) in [5.41, 5.74) is 0.360. The second-order valence-corrected chi connectivity index (χ2v) is 6.29. The SMILES string of the molecule is CN=C(NCCCc1nc(C)no1)N1CCC2(CCOC2)C1.I. The van der Waals surface area contributed by atoms with Crippen molar-refractivity contribution in [3.05, 3.63) is 11.7 Å². The van der Waals surface area contributed by atoms with Gasteiger partial charge in [0, 0.05) is 45.1 Å². The summed E-state index contributed by atoms with van der Waals surface area (Å²) in [4.78, 5) is 11.0. The van der Waals surface area contributed by atoms with Gasteiger partial charge in [0.1, 0.15) is 0 Å². The summed E-state index contributed by atoms with van der Waals surface area (Å²) in [6, 6.07) is 0. The van der Waals surface area contributed by atoms with Gasteiger partial charge in [0.05, 0.1) is 6.61 Å². The minimum Gasteiger partial charge on any atom is -0.381 e. The van der Waals surface area contributed by atoms with Crippen LogP contribution in [0.4, 0.5) is 0 Å². The number of aliphatic imine (C=N–C) groups is 1. The number of ether oxygens (including phenoxy) is 1. The number of halogens is 1. The quantitative estimate of drug-likeness (QED) is 0.335.